The fourth-order valence-corrected chi connectivity index (χ4v) is 3.69. The van der Waals surface area contributed by atoms with Crippen LogP contribution < -0.4 is 0 Å². The first-order chi connectivity index (χ1) is 15.4. The van der Waals surface area contributed by atoms with E-state index in [4.69, 9.17) is 5.11 Å². The van der Waals surface area contributed by atoms with E-state index >= 15 is 0 Å². The van der Waals surface area contributed by atoms with Gasteiger partial charge in [-0.25, -0.2) is 4.39 Å². The summed E-state index contributed by atoms with van der Waals surface area (Å²) in [5.41, 5.74) is 1.24. The van der Waals surface area contributed by atoms with Crippen LogP contribution in [-0.4, -0.2) is 39.3 Å². The Hall–Kier alpha value is -3.74. The Kier molecular flexibility index (Phi) is 7.54. The molecule has 6 nitrogen and oxygen atoms in total. The molecule has 3 rings (SSSR count). The van der Waals surface area contributed by atoms with E-state index in [9.17, 15) is 23.9 Å². The van der Waals surface area contributed by atoms with Crippen LogP contribution in [0, 0.1) is 5.82 Å². The van der Waals surface area contributed by atoms with Gasteiger partial charge >= 0.3 is 5.97 Å². The van der Waals surface area contributed by atoms with Crippen LogP contribution in [0.4, 0.5) is 4.39 Å². The van der Waals surface area contributed by atoms with E-state index < -0.39 is 35.3 Å². The van der Waals surface area contributed by atoms with Gasteiger partial charge in [0.05, 0.1) is 11.6 Å². The molecular weight excluding hydrogens is 413 g/mol. The van der Waals surface area contributed by atoms with Gasteiger partial charge in [0.2, 0.25) is 0 Å². The first-order valence-electron chi connectivity index (χ1n) is 10.4. The van der Waals surface area contributed by atoms with Crippen LogP contribution in [0.2, 0.25) is 0 Å². The van der Waals surface area contributed by atoms with Crippen molar-refractivity contribution in [1.82, 2.24) is 4.90 Å². The van der Waals surface area contributed by atoms with Crippen molar-refractivity contribution in [3.05, 3.63) is 88.9 Å². The quantitative estimate of drug-likeness (QED) is 0.423. The van der Waals surface area contributed by atoms with Crippen LogP contribution in [0.15, 0.2) is 72.0 Å². The lowest BCUT2D eigenvalue weighted by Gasteiger charge is -2.26. The van der Waals surface area contributed by atoms with Crippen molar-refractivity contribution in [2.24, 2.45) is 0 Å². The van der Waals surface area contributed by atoms with Crippen molar-refractivity contribution in [1.29, 1.82) is 0 Å². The second-order valence-electron chi connectivity index (χ2n) is 7.53. The topological polar surface area (TPSA) is 94.9 Å². The Morgan fingerprint density at radius 1 is 1.00 bits per heavy atom. The van der Waals surface area contributed by atoms with Crippen LogP contribution in [0.5, 0.6) is 0 Å². The van der Waals surface area contributed by atoms with Crippen molar-refractivity contribution in [2.75, 3.05) is 6.54 Å². The van der Waals surface area contributed by atoms with E-state index in [0.717, 1.165) is 5.56 Å². The summed E-state index contributed by atoms with van der Waals surface area (Å²) in [6.07, 6.45) is 4.48. The number of aliphatic carboxylic acids is 1. The number of carbonyl (C=O) groups excluding carboxylic acids is 2. The summed E-state index contributed by atoms with van der Waals surface area (Å²) >= 11 is 0. The molecule has 0 spiro atoms. The van der Waals surface area contributed by atoms with Gasteiger partial charge in [-0.2, -0.15) is 0 Å². The molecule has 0 fully saturated rings. The lowest BCUT2D eigenvalue weighted by Crippen LogP contribution is -2.32. The van der Waals surface area contributed by atoms with Crippen molar-refractivity contribution in [3.8, 4) is 0 Å². The SMILES string of the molecule is O=C(O)CCCCCN1C(=O)C(O)=C(C(=O)C=Cc2ccccc2)C1c1ccc(F)cc1. The lowest BCUT2D eigenvalue weighted by atomic mass is 9.95. The Labute approximate surface area is 185 Å². The highest BCUT2D eigenvalue weighted by Crippen LogP contribution is 2.38. The zero-order valence-electron chi connectivity index (χ0n) is 17.4. The van der Waals surface area contributed by atoms with Crippen LogP contribution >= 0.6 is 0 Å². The van der Waals surface area contributed by atoms with Crippen LogP contribution in [-0.2, 0) is 14.4 Å². The monoisotopic (exact) mass is 437 g/mol. The van der Waals surface area contributed by atoms with E-state index in [1.807, 2.05) is 30.3 Å². The van der Waals surface area contributed by atoms with Crippen molar-refractivity contribution >= 4 is 23.7 Å². The molecule has 2 N–H and O–H groups in total. The number of benzene rings is 2. The summed E-state index contributed by atoms with van der Waals surface area (Å²) in [4.78, 5) is 37.9. The first-order valence-corrected chi connectivity index (χ1v) is 10.4. The third-order valence-corrected chi connectivity index (χ3v) is 5.27. The van der Waals surface area contributed by atoms with Gasteiger partial charge in [-0.1, -0.05) is 55.0 Å². The number of aliphatic hydroxyl groups excluding tert-OH is 1. The number of carbonyl (C=O) groups is 3. The largest absolute Gasteiger partial charge is 0.503 e. The molecule has 0 radical (unpaired) electrons. The average molecular weight is 437 g/mol. The number of nitrogens with zero attached hydrogens (tertiary/aromatic N) is 1. The number of halogens is 1. The maximum Gasteiger partial charge on any atom is 0.303 e. The number of ketones is 1. The van der Waals surface area contributed by atoms with Gasteiger partial charge in [-0.05, 0) is 42.2 Å². The minimum absolute atomic E-state index is 0.0346. The minimum Gasteiger partial charge on any atom is -0.503 e. The third-order valence-electron chi connectivity index (χ3n) is 5.27. The van der Waals surface area contributed by atoms with Gasteiger partial charge in [-0.3, -0.25) is 14.4 Å². The average Bonchev–Trinajstić information content (AvgIpc) is 3.03. The molecule has 2 aromatic carbocycles. The highest BCUT2D eigenvalue weighted by Gasteiger charge is 2.42. The summed E-state index contributed by atoms with van der Waals surface area (Å²) in [6, 6.07) is 13.7. The van der Waals surface area contributed by atoms with Gasteiger partial charge in [0.25, 0.3) is 5.91 Å². The second kappa shape index (κ2) is 10.5. The zero-order chi connectivity index (χ0) is 23.1. The third kappa shape index (κ3) is 5.49. The number of amides is 1. The number of aliphatic hydroxyl groups is 1. The standard InChI is InChI=1S/C25H24FNO5/c26-19-13-11-18(12-14-19)23-22(20(28)15-10-17-7-3-1-4-8-17)24(31)25(32)27(23)16-6-2-5-9-21(29)30/h1,3-4,7-8,10-15,23,31H,2,5-6,9,16H2,(H,29,30). The Morgan fingerprint density at radius 3 is 2.34 bits per heavy atom. The van der Waals surface area contributed by atoms with E-state index in [-0.39, 0.29) is 18.5 Å². The molecule has 1 amide bonds. The maximum atomic E-state index is 13.5. The molecule has 0 bridgehead atoms. The Morgan fingerprint density at radius 2 is 1.69 bits per heavy atom. The molecule has 166 valence electrons. The lowest BCUT2D eigenvalue weighted by molar-refractivity contribution is -0.137. The summed E-state index contributed by atoms with van der Waals surface area (Å²) in [6.45, 7) is 0.226. The fourth-order valence-electron chi connectivity index (χ4n) is 3.69. The predicted octanol–water partition coefficient (Wildman–Crippen LogP) is 4.45. The van der Waals surface area contributed by atoms with Crippen molar-refractivity contribution in [3.63, 3.8) is 0 Å². The molecule has 1 aliphatic heterocycles. The summed E-state index contributed by atoms with van der Waals surface area (Å²) in [5.74, 6) is -3.14. The molecule has 32 heavy (non-hydrogen) atoms. The normalized spacial score (nSPS) is 16.2. The van der Waals surface area contributed by atoms with E-state index in [1.165, 1.54) is 35.2 Å². The number of hydrogen-bond donors (Lipinski definition) is 2. The van der Waals surface area contributed by atoms with Gasteiger partial charge in [0.1, 0.15) is 5.82 Å². The van der Waals surface area contributed by atoms with E-state index in [0.29, 0.717) is 24.8 Å². The highest BCUT2D eigenvalue weighted by atomic mass is 19.1. The van der Waals surface area contributed by atoms with Gasteiger partial charge in [0, 0.05) is 13.0 Å². The first kappa shape index (κ1) is 22.9. The minimum atomic E-state index is -0.885. The van der Waals surface area contributed by atoms with E-state index in [1.54, 1.807) is 6.08 Å². The molecule has 0 aromatic heterocycles. The molecule has 0 saturated carbocycles. The molecule has 7 heteroatoms. The molecule has 2 aromatic rings. The van der Waals surface area contributed by atoms with E-state index in [2.05, 4.69) is 0 Å². The number of carboxylic acid groups (broad SMARTS) is 1. The molecule has 1 atom stereocenters. The Bertz CT molecular complexity index is 1040. The number of allylic oxidation sites excluding steroid dienone is 1. The number of carboxylic acids is 1. The summed E-state index contributed by atoms with van der Waals surface area (Å²) in [7, 11) is 0. The number of hydrogen-bond acceptors (Lipinski definition) is 4. The summed E-state index contributed by atoms with van der Waals surface area (Å²) < 4.78 is 13.5. The summed E-state index contributed by atoms with van der Waals surface area (Å²) in [5, 5.41) is 19.3. The molecule has 0 aliphatic carbocycles. The zero-order valence-corrected chi connectivity index (χ0v) is 17.4. The van der Waals surface area contributed by atoms with Crippen LogP contribution in [0.3, 0.4) is 0 Å². The maximum absolute atomic E-state index is 13.5. The predicted molar refractivity (Wildman–Crippen MR) is 117 cm³/mol. The fraction of sp³-hybridized carbons (Fsp3) is 0.240. The highest BCUT2D eigenvalue weighted by molar-refractivity contribution is 6.14. The van der Waals surface area contributed by atoms with Crippen LogP contribution in [0.1, 0.15) is 42.9 Å². The van der Waals surface area contributed by atoms with Crippen molar-refractivity contribution in [2.45, 2.75) is 31.7 Å². The van der Waals surface area contributed by atoms with Crippen molar-refractivity contribution < 1.29 is 29.0 Å². The van der Waals surface area contributed by atoms with Gasteiger partial charge in [-0.15, -0.1) is 0 Å². The number of unbranched alkanes of at least 4 members (excludes halogenated alkanes) is 2. The van der Waals surface area contributed by atoms with Crippen LogP contribution in [0.25, 0.3) is 6.08 Å². The van der Waals surface area contributed by atoms with Gasteiger partial charge in [0.15, 0.2) is 11.5 Å². The molecule has 1 aliphatic rings. The molecule has 0 saturated heterocycles. The molecule has 1 unspecified atom stereocenters. The molecule has 1 heterocycles. The second-order valence-corrected chi connectivity index (χ2v) is 7.53. The van der Waals surface area contributed by atoms with Gasteiger partial charge < -0.3 is 15.1 Å². The number of rotatable bonds is 10. The Balaban J connectivity index is 1.85. The molecular formula is C25H24FNO5. The smallest absolute Gasteiger partial charge is 0.303 e.